The van der Waals surface area contributed by atoms with Crippen LogP contribution in [0.4, 0.5) is 9.93 Å². The smallest absolute Gasteiger partial charge is 0.321 e. The van der Waals surface area contributed by atoms with Gasteiger partial charge in [0.15, 0.2) is 5.13 Å². The van der Waals surface area contributed by atoms with Crippen LogP contribution in [0.1, 0.15) is 26.2 Å². The summed E-state index contributed by atoms with van der Waals surface area (Å²) >= 11 is 3.37. The van der Waals surface area contributed by atoms with E-state index in [0.717, 1.165) is 12.2 Å². The molecule has 0 saturated heterocycles. The molecule has 0 aromatic carbocycles. The van der Waals surface area contributed by atoms with E-state index in [4.69, 9.17) is 0 Å². The number of nitrogens with one attached hydrogen (secondary N) is 2. The van der Waals surface area contributed by atoms with E-state index in [-0.39, 0.29) is 6.03 Å². The van der Waals surface area contributed by atoms with Crippen molar-refractivity contribution in [1.29, 1.82) is 0 Å². The van der Waals surface area contributed by atoms with Gasteiger partial charge < -0.3 is 5.32 Å². The number of hydrogen-bond acceptors (Lipinski definition) is 4. The van der Waals surface area contributed by atoms with Crippen molar-refractivity contribution in [3.63, 3.8) is 0 Å². The maximum Gasteiger partial charge on any atom is 0.321 e. The Bertz CT molecular complexity index is 356. The number of amides is 2. The second-order valence-electron chi connectivity index (χ2n) is 3.97. The number of carbonyl (C=O) groups excluding carboxylic acids is 1. The van der Waals surface area contributed by atoms with Gasteiger partial charge in [0.05, 0.1) is 0 Å². The lowest BCUT2D eigenvalue weighted by molar-refractivity contribution is 0.249. The van der Waals surface area contributed by atoms with Gasteiger partial charge in [0, 0.05) is 22.9 Å². The highest BCUT2D eigenvalue weighted by Gasteiger charge is 2.28. The highest BCUT2D eigenvalue weighted by atomic mass is 32.2. The van der Waals surface area contributed by atoms with Gasteiger partial charge in [-0.05, 0) is 18.6 Å². The molecule has 1 aliphatic rings. The average Bonchev–Trinajstić information content (AvgIpc) is 2.92. The molecule has 2 N–H and O–H groups in total. The van der Waals surface area contributed by atoms with E-state index in [2.05, 4.69) is 22.5 Å². The Balaban J connectivity index is 1.81. The first-order valence-corrected chi connectivity index (χ1v) is 7.81. The maximum absolute atomic E-state index is 11.8. The van der Waals surface area contributed by atoms with Crippen molar-refractivity contribution in [1.82, 2.24) is 10.3 Å². The number of urea groups is 1. The first kappa shape index (κ1) is 12.7. The first-order valence-electron chi connectivity index (χ1n) is 5.88. The van der Waals surface area contributed by atoms with Gasteiger partial charge in [-0.3, -0.25) is 5.32 Å². The fourth-order valence-corrected chi connectivity index (χ4v) is 3.81. The summed E-state index contributed by atoms with van der Waals surface area (Å²) in [6.07, 6.45) is 5.19. The summed E-state index contributed by atoms with van der Waals surface area (Å²) in [6, 6.07) is 0.175. The minimum absolute atomic E-state index is 0.131. The largest absolute Gasteiger partial charge is 0.334 e. The van der Waals surface area contributed by atoms with Gasteiger partial charge in [0.1, 0.15) is 0 Å². The van der Waals surface area contributed by atoms with Crippen molar-refractivity contribution >= 4 is 34.3 Å². The molecule has 17 heavy (non-hydrogen) atoms. The molecule has 2 amide bonds. The van der Waals surface area contributed by atoms with Crippen LogP contribution < -0.4 is 10.6 Å². The predicted molar refractivity (Wildman–Crippen MR) is 73.8 cm³/mol. The fraction of sp³-hybridized carbons (Fsp3) is 0.636. The van der Waals surface area contributed by atoms with Crippen molar-refractivity contribution in [2.24, 2.45) is 0 Å². The number of hydrogen-bond donors (Lipinski definition) is 2. The number of aromatic nitrogens is 1. The number of nitrogens with zero attached hydrogens (tertiary/aromatic N) is 1. The number of thioether (sulfide) groups is 1. The second kappa shape index (κ2) is 6.26. The summed E-state index contributed by atoms with van der Waals surface area (Å²) in [7, 11) is 0. The Hall–Kier alpha value is -0.750. The van der Waals surface area contributed by atoms with Crippen molar-refractivity contribution in [3.8, 4) is 0 Å². The predicted octanol–water partition coefficient (Wildman–Crippen LogP) is 2.94. The normalized spacial score (nSPS) is 23.6. The Kier molecular flexibility index (Phi) is 4.67. The van der Waals surface area contributed by atoms with Gasteiger partial charge in [-0.15, -0.1) is 11.3 Å². The van der Waals surface area contributed by atoms with E-state index < -0.39 is 0 Å². The third-order valence-electron chi connectivity index (χ3n) is 2.80. The minimum atomic E-state index is -0.131. The Morgan fingerprint density at radius 3 is 3.24 bits per heavy atom. The standard InChI is InChI=1S/C11H17N3OS2/c1-2-16-9-5-3-4-8(9)13-10(15)14-11-12-6-7-17-11/h6-9H,2-5H2,1H3,(H2,12,13,14,15)/t8-,9+/m1/s1. The summed E-state index contributed by atoms with van der Waals surface area (Å²) in [4.78, 5) is 15.8. The monoisotopic (exact) mass is 271 g/mol. The number of rotatable bonds is 4. The molecular weight excluding hydrogens is 254 g/mol. The third-order valence-corrected chi connectivity index (χ3v) is 4.82. The number of anilines is 1. The van der Waals surface area contributed by atoms with Crippen molar-refractivity contribution < 1.29 is 4.79 Å². The molecule has 2 atom stereocenters. The van der Waals surface area contributed by atoms with E-state index in [1.54, 1.807) is 6.20 Å². The Labute approximate surface area is 110 Å². The molecule has 94 valence electrons. The lowest BCUT2D eigenvalue weighted by atomic mass is 10.2. The summed E-state index contributed by atoms with van der Waals surface area (Å²) in [5, 5.41) is 8.88. The molecule has 4 nitrogen and oxygen atoms in total. The van der Waals surface area contributed by atoms with Crippen LogP contribution in [0.25, 0.3) is 0 Å². The SMILES string of the molecule is CCS[C@H]1CCC[C@H]1NC(=O)Nc1nccs1. The van der Waals surface area contributed by atoms with E-state index in [0.29, 0.717) is 16.4 Å². The molecule has 1 aromatic heterocycles. The summed E-state index contributed by atoms with van der Waals surface area (Å²) in [6.45, 7) is 2.16. The molecule has 2 rings (SSSR count). The van der Waals surface area contributed by atoms with Crippen LogP contribution >= 0.6 is 23.1 Å². The summed E-state index contributed by atoms with van der Waals surface area (Å²) in [5.74, 6) is 1.11. The molecule has 0 aliphatic heterocycles. The van der Waals surface area contributed by atoms with Crippen LogP contribution in [-0.4, -0.2) is 28.1 Å². The quantitative estimate of drug-likeness (QED) is 0.885. The van der Waals surface area contributed by atoms with Gasteiger partial charge in [0.25, 0.3) is 0 Å². The van der Waals surface area contributed by atoms with Crippen molar-refractivity contribution in [3.05, 3.63) is 11.6 Å². The first-order chi connectivity index (χ1) is 8.29. The molecule has 0 bridgehead atoms. The van der Waals surface area contributed by atoms with E-state index in [1.807, 2.05) is 17.1 Å². The van der Waals surface area contributed by atoms with Crippen LogP contribution in [0.5, 0.6) is 0 Å². The van der Waals surface area contributed by atoms with Crippen LogP contribution in [0, 0.1) is 0 Å². The highest BCUT2D eigenvalue weighted by Crippen LogP contribution is 2.29. The molecule has 1 aromatic rings. The zero-order valence-electron chi connectivity index (χ0n) is 9.81. The molecule has 1 fully saturated rings. The fourth-order valence-electron chi connectivity index (χ4n) is 2.09. The molecule has 0 spiro atoms. The van der Waals surface area contributed by atoms with Crippen LogP contribution in [0.2, 0.25) is 0 Å². The van der Waals surface area contributed by atoms with Gasteiger partial charge >= 0.3 is 6.03 Å². The highest BCUT2D eigenvalue weighted by molar-refractivity contribution is 7.99. The van der Waals surface area contributed by atoms with Crippen molar-refractivity contribution in [2.45, 2.75) is 37.5 Å². The second-order valence-corrected chi connectivity index (χ2v) is 6.38. The zero-order valence-corrected chi connectivity index (χ0v) is 11.4. The Morgan fingerprint density at radius 2 is 2.53 bits per heavy atom. The van der Waals surface area contributed by atoms with Crippen LogP contribution in [0.15, 0.2) is 11.6 Å². The number of carbonyl (C=O) groups is 1. The lowest BCUT2D eigenvalue weighted by Gasteiger charge is -2.19. The van der Waals surface area contributed by atoms with Gasteiger partial charge in [-0.2, -0.15) is 11.8 Å². The summed E-state index contributed by atoms with van der Waals surface area (Å²) in [5.41, 5.74) is 0. The summed E-state index contributed by atoms with van der Waals surface area (Å²) < 4.78 is 0. The van der Waals surface area contributed by atoms with Gasteiger partial charge in [0.2, 0.25) is 0 Å². The topological polar surface area (TPSA) is 54.0 Å². The van der Waals surface area contributed by atoms with E-state index >= 15 is 0 Å². The average molecular weight is 271 g/mol. The lowest BCUT2D eigenvalue weighted by Crippen LogP contribution is -2.41. The molecular formula is C11H17N3OS2. The van der Waals surface area contributed by atoms with Gasteiger partial charge in [-0.25, -0.2) is 9.78 Å². The van der Waals surface area contributed by atoms with Crippen LogP contribution in [0.3, 0.4) is 0 Å². The minimum Gasteiger partial charge on any atom is -0.334 e. The molecule has 1 saturated carbocycles. The Morgan fingerprint density at radius 1 is 1.65 bits per heavy atom. The van der Waals surface area contributed by atoms with E-state index in [1.165, 1.54) is 24.2 Å². The molecule has 0 radical (unpaired) electrons. The van der Waals surface area contributed by atoms with E-state index in [9.17, 15) is 4.79 Å². The number of thiazole rings is 1. The van der Waals surface area contributed by atoms with Crippen LogP contribution in [-0.2, 0) is 0 Å². The molecule has 1 aliphatic carbocycles. The van der Waals surface area contributed by atoms with Gasteiger partial charge in [-0.1, -0.05) is 13.3 Å². The molecule has 0 unspecified atom stereocenters. The zero-order chi connectivity index (χ0) is 12.1. The maximum atomic E-state index is 11.8. The van der Waals surface area contributed by atoms with Crippen molar-refractivity contribution in [2.75, 3.05) is 11.1 Å². The molecule has 1 heterocycles. The molecule has 6 heteroatoms. The third kappa shape index (κ3) is 3.61.